The van der Waals surface area contributed by atoms with E-state index in [0.717, 1.165) is 18.8 Å². The number of aliphatic hydroxyl groups is 1. The third-order valence-electron chi connectivity index (χ3n) is 8.49. The van der Waals surface area contributed by atoms with Gasteiger partial charge in [-0.05, 0) is 61.7 Å². The Morgan fingerprint density at radius 3 is 2.29 bits per heavy atom. The van der Waals surface area contributed by atoms with Crippen LogP contribution in [0.1, 0.15) is 97.3 Å². The van der Waals surface area contributed by atoms with E-state index in [9.17, 15) is 5.11 Å². The molecule has 138 valence electrons. The van der Waals surface area contributed by atoms with Gasteiger partial charge in [-0.25, -0.2) is 0 Å². The standard InChI is InChI=1S/C22H38O2/c1-21(2)11-6-7-12-22(21)13-10-17-14-19(23)18(15-20(17)24-22)16-8-4-3-5-9-16/h16-20,23H,3-15H2,1-2H3. The Bertz CT molecular complexity index is 439. The summed E-state index contributed by atoms with van der Waals surface area (Å²) in [5.74, 6) is 1.88. The number of rotatable bonds is 1. The molecule has 1 heterocycles. The van der Waals surface area contributed by atoms with Gasteiger partial charge < -0.3 is 9.84 Å². The molecule has 4 fully saturated rings. The molecule has 0 aromatic carbocycles. The third-order valence-corrected chi connectivity index (χ3v) is 8.49. The van der Waals surface area contributed by atoms with E-state index in [-0.39, 0.29) is 11.7 Å². The zero-order valence-corrected chi connectivity index (χ0v) is 15.9. The number of fused-ring (bicyclic) bond motifs is 1. The maximum atomic E-state index is 10.8. The molecule has 0 bridgehead atoms. The zero-order chi connectivity index (χ0) is 16.8. The van der Waals surface area contributed by atoms with Gasteiger partial charge in [-0.2, -0.15) is 0 Å². The number of hydrogen-bond acceptors (Lipinski definition) is 2. The van der Waals surface area contributed by atoms with Crippen LogP contribution in [0.25, 0.3) is 0 Å². The van der Waals surface area contributed by atoms with Gasteiger partial charge in [0.15, 0.2) is 0 Å². The first-order valence-corrected chi connectivity index (χ1v) is 10.9. The molecule has 4 rings (SSSR count). The Hall–Kier alpha value is -0.0800. The highest BCUT2D eigenvalue weighted by atomic mass is 16.5. The van der Waals surface area contributed by atoms with Crippen molar-refractivity contribution >= 4 is 0 Å². The third kappa shape index (κ3) is 2.96. The van der Waals surface area contributed by atoms with Crippen molar-refractivity contribution < 1.29 is 9.84 Å². The lowest BCUT2D eigenvalue weighted by Crippen LogP contribution is -2.57. The first-order chi connectivity index (χ1) is 11.5. The van der Waals surface area contributed by atoms with E-state index in [1.165, 1.54) is 70.6 Å². The topological polar surface area (TPSA) is 29.5 Å². The van der Waals surface area contributed by atoms with Crippen LogP contribution >= 0.6 is 0 Å². The van der Waals surface area contributed by atoms with E-state index in [2.05, 4.69) is 13.8 Å². The molecular weight excluding hydrogens is 296 g/mol. The molecule has 0 aromatic heterocycles. The molecule has 24 heavy (non-hydrogen) atoms. The van der Waals surface area contributed by atoms with E-state index in [1.807, 2.05) is 0 Å². The smallest absolute Gasteiger partial charge is 0.0737 e. The summed E-state index contributed by atoms with van der Waals surface area (Å²) in [5.41, 5.74) is 0.457. The van der Waals surface area contributed by atoms with E-state index in [4.69, 9.17) is 4.74 Å². The highest BCUT2D eigenvalue weighted by Gasteiger charge is 2.54. The van der Waals surface area contributed by atoms with Gasteiger partial charge in [0.25, 0.3) is 0 Å². The molecule has 5 atom stereocenters. The van der Waals surface area contributed by atoms with Gasteiger partial charge in [-0.3, -0.25) is 0 Å². The monoisotopic (exact) mass is 334 g/mol. The van der Waals surface area contributed by atoms with Crippen LogP contribution in [0.15, 0.2) is 0 Å². The highest BCUT2D eigenvalue weighted by molar-refractivity contribution is 5.04. The SMILES string of the molecule is CC1(C)CCCCC12CCC1CC(O)C(C3CCCCC3)CC1O2. The van der Waals surface area contributed by atoms with Crippen LogP contribution in [0.4, 0.5) is 0 Å². The van der Waals surface area contributed by atoms with E-state index in [0.29, 0.717) is 23.4 Å². The predicted molar refractivity (Wildman–Crippen MR) is 97.9 cm³/mol. The second-order valence-electron chi connectivity index (χ2n) is 10.1. The average molecular weight is 335 g/mol. The van der Waals surface area contributed by atoms with E-state index < -0.39 is 0 Å². The molecule has 1 saturated heterocycles. The Balaban J connectivity index is 1.49. The van der Waals surface area contributed by atoms with E-state index >= 15 is 0 Å². The molecule has 1 N–H and O–H groups in total. The summed E-state index contributed by atoms with van der Waals surface area (Å²) in [6, 6.07) is 0. The Morgan fingerprint density at radius 1 is 0.792 bits per heavy atom. The molecule has 3 aliphatic carbocycles. The molecule has 4 aliphatic rings. The molecule has 3 saturated carbocycles. The van der Waals surface area contributed by atoms with Crippen molar-refractivity contribution in [2.45, 2.75) is 115 Å². The van der Waals surface area contributed by atoms with Gasteiger partial charge >= 0.3 is 0 Å². The Kier molecular flexibility index (Phi) is 4.75. The van der Waals surface area contributed by atoms with Crippen molar-refractivity contribution in [3.63, 3.8) is 0 Å². The fourth-order valence-electron chi connectivity index (χ4n) is 6.76. The van der Waals surface area contributed by atoms with Crippen LogP contribution in [-0.2, 0) is 4.74 Å². The minimum absolute atomic E-state index is 0.0635. The lowest BCUT2D eigenvalue weighted by molar-refractivity contribution is -0.240. The lowest BCUT2D eigenvalue weighted by Gasteiger charge is -2.58. The molecule has 1 aliphatic heterocycles. The molecule has 0 aromatic rings. The lowest BCUT2D eigenvalue weighted by atomic mass is 9.59. The van der Waals surface area contributed by atoms with Gasteiger partial charge in [0.2, 0.25) is 0 Å². The first kappa shape index (κ1) is 17.3. The quantitative estimate of drug-likeness (QED) is 0.689. The first-order valence-electron chi connectivity index (χ1n) is 10.9. The molecule has 1 spiro atoms. The van der Waals surface area contributed by atoms with Crippen molar-refractivity contribution in [2.24, 2.45) is 23.2 Å². The minimum atomic E-state index is -0.0635. The summed E-state index contributed by atoms with van der Waals surface area (Å²) in [4.78, 5) is 0. The molecule has 5 unspecified atom stereocenters. The maximum absolute atomic E-state index is 10.8. The second-order valence-corrected chi connectivity index (χ2v) is 10.1. The van der Waals surface area contributed by atoms with Gasteiger partial charge in [0.1, 0.15) is 0 Å². The zero-order valence-electron chi connectivity index (χ0n) is 15.9. The summed E-state index contributed by atoms with van der Waals surface area (Å²) >= 11 is 0. The van der Waals surface area contributed by atoms with Crippen LogP contribution in [0, 0.1) is 23.2 Å². The summed E-state index contributed by atoms with van der Waals surface area (Å²) in [7, 11) is 0. The summed E-state index contributed by atoms with van der Waals surface area (Å²) < 4.78 is 6.99. The van der Waals surface area contributed by atoms with E-state index in [1.54, 1.807) is 0 Å². The number of aliphatic hydroxyl groups excluding tert-OH is 1. The van der Waals surface area contributed by atoms with Crippen molar-refractivity contribution in [2.75, 3.05) is 0 Å². The van der Waals surface area contributed by atoms with Crippen molar-refractivity contribution in [3.05, 3.63) is 0 Å². The van der Waals surface area contributed by atoms with Crippen LogP contribution in [0.5, 0.6) is 0 Å². The maximum Gasteiger partial charge on any atom is 0.0737 e. The van der Waals surface area contributed by atoms with Crippen LogP contribution < -0.4 is 0 Å². The number of ether oxygens (including phenoxy) is 1. The van der Waals surface area contributed by atoms with Gasteiger partial charge in [0.05, 0.1) is 17.8 Å². The van der Waals surface area contributed by atoms with Crippen molar-refractivity contribution in [1.29, 1.82) is 0 Å². The normalized spacial score (nSPS) is 46.6. The fraction of sp³-hybridized carbons (Fsp3) is 1.00. The van der Waals surface area contributed by atoms with Gasteiger partial charge in [-0.15, -0.1) is 0 Å². The molecule has 2 nitrogen and oxygen atoms in total. The largest absolute Gasteiger partial charge is 0.393 e. The molecular formula is C22H38O2. The van der Waals surface area contributed by atoms with Crippen molar-refractivity contribution in [3.8, 4) is 0 Å². The van der Waals surface area contributed by atoms with Crippen LogP contribution in [0.2, 0.25) is 0 Å². The van der Waals surface area contributed by atoms with Gasteiger partial charge in [-0.1, -0.05) is 58.8 Å². The Morgan fingerprint density at radius 2 is 1.54 bits per heavy atom. The fourth-order valence-corrected chi connectivity index (χ4v) is 6.76. The second kappa shape index (κ2) is 6.58. The Labute approximate surface area is 148 Å². The summed E-state index contributed by atoms with van der Waals surface area (Å²) in [6.45, 7) is 4.89. The molecule has 0 radical (unpaired) electrons. The van der Waals surface area contributed by atoms with Crippen LogP contribution in [-0.4, -0.2) is 22.9 Å². The molecule has 0 amide bonds. The predicted octanol–water partition coefficient (Wildman–Crippen LogP) is 5.47. The number of hydrogen-bond donors (Lipinski definition) is 1. The minimum Gasteiger partial charge on any atom is -0.393 e. The van der Waals surface area contributed by atoms with Crippen molar-refractivity contribution in [1.82, 2.24) is 0 Å². The summed E-state index contributed by atoms with van der Waals surface area (Å²) in [5, 5.41) is 10.8. The van der Waals surface area contributed by atoms with Gasteiger partial charge in [0, 0.05) is 0 Å². The summed E-state index contributed by atoms with van der Waals surface area (Å²) in [6.07, 6.45) is 17.1. The highest BCUT2D eigenvalue weighted by Crippen LogP contribution is 2.55. The average Bonchev–Trinajstić information content (AvgIpc) is 2.58. The molecule has 2 heteroatoms. The van der Waals surface area contributed by atoms with Crippen LogP contribution in [0.3, 0.4) is 0 Å².